The van der Waals surface area contributed by atoms with Crippen molar-refractivity contribution in [2.45, 2.75) is 36.5 Å². The Labute approximate surface area is 181 Å². The number of hydrogen-bond donors (Lipinski definition) is 3. The molecule has 4 N–H and O–H groups in total. The molecular formula is C25H25N5O. The van der Waals surface area contributed by atoms with Crippen LogP contribution in [0.5, 0.6) is 0 Å². The van der Waals surface area contributed by atoms with E-state index in [1.807, 2.05) is 36.6 Å². The number of carbonyl (C=O) groups excluding carboxylic acids is 1. The highest BCUT2D eigenvalue weighted by molar-refractivity contribution is 5.81. The second kappa shape index (κ2) is 6.57. The summed E-state index contributed by atoms with van der Waals surface area (Å²) in [6.45, 7) is 0. The number of hydrazine groups is 1. The summed E-state index contributed by atoms with van der Waals surface area (Å²) in [4.78, 5) is 16.4. The van der Waals surface area contributed by atoms with Crippen molar-refractivity contribution < 1.29 is 4.79 Å². The highest BCUT2D eigenvalue weighted by Gasteiger charge is 2.52. The molecule has 6 rings (SSSR count). The van der Waals surface area contributed by atoms with Gasteiger partial charge in [-0.2, -0.15) is 5.43 Å². The number of nitrogens with two attached hydrogens (primary N) is 1. The number of amides is 2. The Kier molecular flexibility index (Phi) is 3.91. The zero-order chi connectivity index (χ0) is 21.1. The van der Waals surface area contributed by atoms with Crippen molar-refractivity contribution in [1.82, 2.24) is 15.8 Å². The maximum absolute atomic E-state index is 12.5. The van der Waals surface area contributed by atoms with E-state index in [0.29, 0.717) is 0 Å². The van der Waals surface area contributed by atoms with Crippen LogP contribution in [0.2, 0.25) is 0 Å². The van der Waals surface area contributed by atoms with Crippen molar-refractivity contribution in [3.05, 3.63) is 102 Å². The molecule has 2 aromatic carbocycles. The quantitative estimate of drug-likeness (QED) is 0.719. The summed E-state index contributed by atoms with van der Waals surface area (Å²) < 4.78 is 0. The molecule has 0 radical (unpaired) electrons. The van der Waals surface area contributed by atoms with Gasteiger partial charge in [-0.05, 0) is 54.7 Å². The number of carbonyl (C=O) groups is 1. The van der Waals surface area contributed by atoms with E-state index in [4.69, 9.17) is 5.73 Å². The van der Waals surface area contributed by atoms with Gasteiger partial charge in [-0.1, -0.05) is 48.5 Å². The van der Waals surface area contributed by atoms with E-state index in [1.165, 1.54) is 12.0 Å². The predicted octanol–water partition coefficient (Wildman–Crippen LogP) is 3.78. The third-order valence-corrected chi connectivity index (χ3v) is 7.06. The van der Waals surface area contributed by atoms with Crippen molar-refractivity contribution in [1.29, 1.82) is 0 Å². The molecule has 2 amide bonds. The highest BCUT2D eigenvalue weighted by atomic mass is 16.2. The van der Waals surface area contributed by atoms with Gasteiger partial charge in [-0.15, -0.1) is 0 Å². The fourth-order valence-electron chi connectivity index (χ4n) is 5.15. The summed E-state index contributed by atoms with van der Waals surface area (Å²) in [5.41, 5.74) is 16.2. The number of nitrogens with zero attached hydrogens (tertiary/aromatic N) is 2. The largest absolute Gasteiger partial charge is 0.337 e. The molecule has 2 unspecified atom stereocenters. The van der Waals surface area contributed by atoms with Crippen molar-refractivity contribution in [2.75, 3.05) is 4.90 Å². The fraction of sp³-hybridized carbons (Fsp3) is 0.240. The summed E-state index contributed by atoms with van der Waals surface area (Å²) in [6, 6.07) is 18.8. The van der Waals surface area contributed by atoms with Crippen LogP contribution in [0.4, 0.5) is 10.5 Å². The average Bonchev–Trinajstić information content (AvgIpc) is 3.13. The van der Waals surface area contributed by atoms with Gasteiger partial charge in [0.2, 0.25) is 0 Å². The van der Waals surface area contributed by atoms with Crippen LogP contribution in [-0.2, 0) is 5.54 Å². The molecule has 4 aliphatic rings. The smallest absolute Gasteiger partial charge is 0.337 e. The van der Waals surface area contributed by atoms with E-state index in [0.717, 1.165) is 29.7 Å². The second-order valence-corrected chi connectivity index (χ2v) is 8.75. The van der Waals surface area contributed by atoms with Gasteiger partial charge in [0.25, 0.3) is 0 Å². The van der Waals surface area contributed by atoms with E-state index < -0.39 is 5.66 Å². The number of hydrogen-bond acceptors (Lipinski definition) is 4. The number of urea groups is 1. The number of nitrogens with one attached hydrogen (secondary N) is 2. The second-order valence-electron chi connectivity index (χ2n) is 8.75. The summed E-state index contributed by atoms with van der Waals surface area (Å²) in [5, 5.41) is 0. The molecule has 2 atom stereocenters. The number of allylic oxidation sites excluding steroid dienone is 2. The molecule has 6 nitrogen and oxygen atoms in total. The summed E-state index contributed by atoms with van der Waals surface area (Å²) in [7, 11) is 0. The van der Waals surface area contributed by atoms with Crippen LogP contribution in [0.1, 0.15) is 36.4 Å². The predicted molar refractivity (Wildman–Crippen MR) is 120 cm³/mol. The monoisotopic (exact) mass is 411 g/mol. The van der Waals surface area contributed by atoms with Gasteiger partial charge < -0.3 is 10.6 Å². The minimum atomic E-state index is -0.719. The maximum atomic E-state index is 12.5. The van der Waals surface area contributed by atoms with Gasteiger partial charge in [-0.3, -0.25) is 10.3 Å². The normalized spacial score (nSPS) is 27.8. The lowest BCUT2D eigenvalue weighted by molar-refractivity contribution is 0.211. The molecular weight excluding hydrogens is 386 g/mol. The number of para-hydroxylation sites is 1. The van der Waals surface area contributed by atoms with E-state index >= 15 is 0 Å². The van der Waals surface area contributed by atoms with Crippen molar-refractivity contribution in [2.24, 2.45) is 5.73 Å². The van der Waals surface area contributed by atoms with Crippen LogP contribution in [0.15, 0.2) is 90.8 Å². The van der Waals surface area contributed by atoms with Crippen LogP contribution in [0.25, 0.3) is 0 Å². The van der Waals surface area contributed by atoms with Gasteiger partial charge in [0.1, 0.15) is 0 Å². The minimum Gasteiger partial charge on any atom is -0.337 e. The van der Waals surface area contributed by atoms with E-state index in [1.54, 1.807) is 4.90 Å². The molecule has 1 saturated heterocycles. The first-order chi connectivity index (χ1) is 15.1. The Morgan fingerprint density at radius 2 is 1.77 bits per heavy atom. The molecule has 1 aliphatic carbocycles. The Hall–Kier alpha value is -3.35. The Bertz CT molecular complexity index is 1120. The highest BCUT2D eigenvalue weighted by Crippen LogP contribution is 2.47. The Morgan fingerprint density at radius 3 is 2.48 bits per heavy atom. The van der Waals surface area contributed by atoms with Crippen molar-refractivity contribution in [3.63, 3.8) is 0 Å². The van der Waals surface area contributed by atoms with Gasteiger partial charge in [-0.25, -0.2) is 4.79 Å². The first-order valence-corrected chi connectivity index (χ1v) is 10.8. The van der Waals surface area contributed by atoms with Crippen LogP contribution in [0, 0.1) is 0 Å². The average molecular weight is 412 g/mol. The van der Waals surface area contributed by atoms with Crippen LogP contribution in [-0.4, -0.2) is 16.6 Å². The van der Waals surface area contributed by atoms with E-state index in [2.05, 4.69) is 64.4 Å². The third kappa shape index (κ3) is 2.62. The number of rotatable bonds is 3. The molecule has 3 heterocycles. The van der Waals surface area contributed by atoms with E-state index in [9.17, 15) is 4.79 Å². The van der Waals surface area contributed by atoms with Crippen molar-refractivity contribution in [3.8, 4) is 0 Å². The summed E-state index contributed by atoms with van der Waals surface area (Å²) >= 11 is 0. The zero-order valence-electron chi connectivity index (χ0n) is 17.2. The lowest BCUT2D eigenvalue weighted by Gasteiger charge is -2.47. The van der Waals surface area contributed by atoms with Crippen LogP contribution in [0.3, 0.4) is 0 Å². The lowest BCUT2D eigenvalue weighted by atomic mass is 9.72. The van der Waals surface area contributed by atoms with Crippen molar-refractivity contribution >= 4 is 11.7 Å². The first kappa shape index (κ1) is 18.4. The molecule has 6 heteroatoms. The van der Waals surface area contributed by atoms with Gasteiger partial charge in [0, 0.05) is 29.2 Å². The molecule has 31 heavy (non-hydrogen) atoms. The zero-order valence-corrected chi connectivity index (χ0v) is 17.2. The SMILES string of the molecule is NC1(c2ccc(C3C4=CC=CN5C(=O)NNC45C=CN3c3ccccc3)cc2)CCC1. The van der Waals surface area contributed by atoms with Gasteiger partial charge in [0.15, 0.2) is 5.66 Å². The number of benzene rings is 2. The number of anilines is 1. The maximum Gasteiger partial charge on any atom is 0.337 e. The Balaban J connectivity index is 1.48. The van der Waals surface area contributed by atoms with Gasteiger partial charge >= 0.3 is 6.03 Å². The first-order valence-electron chi connectivity index (χ1n) is 10.8. The molecule has 1 saturated carbocycles. The van der Waals surface area contributed by atoms with E-state index in [-0.39, 0.29) is 17.6 Å². The molecule has 3 aliphatic heterocycles. The molecule has 0 bridgehead atoms. The standard InChI is InChI=1S/C25H25N5O/c26-24(13-5-14-24)19-11-9-18(10-12-19)22-21-8-4-16-30-23(31)27-28-25(21,30)15-17-29(22)20-6-2-1-3-7-20/h1-4,6-12,15-17,22,28H,5,13-14,26H2,(H,27,31). The minimum absolute atomic E-state index is 0.0794. The molecule has 156 valence electrons. The molecule has 1 spiro atoms. The molecule has 2 aromatic rings. The molecule has 2 fully saturated rings. The third-order valence-electron chi connectivity index (χ3n) is 7.06. The van der Waals surface area contributed by atoms with Gasteiger partial charge in [0.05, 0.1) is 6.04 Å². The Morgan fingerprint density at radius 1 is 1.00 bits per heavy atom. The summed E-state index contributed by atoms with van der Waals surface area (Å²) in [5.74, 6) is 0. The molecule has 0 aromatic heterocycles. The topological polar surface area (TPSA) is 73.6 Å². The lowest BCUT2D eigenvalue weighted by Crippen LogP contribution is -2.56. The van der Waals surface area contributed by atoms with Crippen LogP contribution >= 0.6 is 0 Å². The summed E-state index contributed by atoms with van der Waals surface area (Å²) in [6.07, 6.45) is 13.3. The fourth-order valence-corrected chi connectivity index (χ4v) is 5.15. The van der Waals surface area contributed by atoms with Crippen LogP contribution < -0.4 is 21.5 Å².